The molecule has 13 heavy (non-hydrogen) atoms. The Kier molecular flexibility index (Phi) is 1.87. The van der Waals surface area contributed by atoms with Gasteiger partial charge in [0.15, 0.2) is 0 Å². The van der Waals surface area contributed by atoms with Crippen LogP contribution < -0.4 is 11.1 Å². The van der Waals surface area contributed by atoms with Gasteiger partial charge in [0.1, 0.15) is 5.82 Å². The number of rotatable bonds is 3. The number of nitrogens with one attached hydrogen (secondary N) is 1. The molecule has 0 radical (unpaired) electrons. The molecule has 1 saturated carbocycles. The molecule has 0 atom stereocenters. The SMILES string of the molecule is CC1(CNc2ccc(N)nc2)CC1. The lowest BCUT2D eigenvalue weighted by molar-refractivity contribution is 0.610. The van der Waals surface area contributed by atoms with E-state index >= 15 is 0 Å². The molecule has 70 valence electrons. The van der Waals surface area contributed by atoms with E-state index in [4.69, 9.17) is 5.73 Å². The van der Waals surface area contributed by atoms with Gasteiger partial charge in [-0.2, -0.15) is 0 Å². The van der Waals surface area contributed by atoms with Crippen LogP contribution in [0.4, 0.5) is 11.5 Å². The lowest BCUT2D eigenvalue weighted by atomic mass is 10.1. The average molecular weight is 177 g/mol. The fourth-order valence-corrected chi connectivity index (χ4v) is 1.22. The molecule has 3 nitrogen and oxygen atoms in total. The molecule has 0 saturated heterocycles. The first-order chi connectivity index (χ1) is 6.18. The van der Waals surface area contributed by atoms with Gasteiger partial charge >= 0.3 is 0 Å². The van der Waals surface area contributed by atoms with Crippen LogP contribution in [-0.2, 0) is 0 Å². The maximum Gasteiger partial charge on any atom is 0.123 e. The van der Waals surface area contributed by atoms with Gasteiger partial charge in [0.2, 0.25) is 0 Å². The van der Waals surface area contributed by atoms with Crippen LogP contribution in [0.15, 0.2) is 18.3 Å². The lowest BCUT2D eigenvalue weighted by Crippen LogP contribution is -2.11. The van der Waals surface area contributed by atoms with Gasteiger partial charge in [-0.15, -0.1) is 0 Å². The van der Waals surface area contributed by atoms with Gasteiger partial charge < -0.3 is 11.1 Å². The molecular weight excluding hydrogens is 162 g/mol. The third kappa shape index (κ3) is 2.11. The molecule has 0 aromatic carbocycles. The zero-order chi connectivity index (χ0) is 9.31. The Morgan fingerprint density at radius 1 is 1.54 bits per heavy atom. The maximum atomic E-state index is 5.48. The number of nitrogens with two attached hydrogens (primary N) is 1. The maximum absolute atomic E-state index is 5.48. The zero-order valence-corrected chi connectivity index (χ0v) is 7.88. The number of hydrogen-bond acceptors (Lipinski definition) is 3. The van der Waals surface area contributed by atoms with Crippen LogP contribution in [0.3, 0.4) is 0 Å². The van der Waals surface area contributed by atoms with Crippen molar-refractivity contribution in [3.8, 4) is 0 Å². The Labute approximate surface area is 78.4 Å². The Bertz CT molecular complexity index is 288. The first kappa shape index (κ1) is 8.35. The van der Waals surface area contributed by atoms with Gasteiger partial charge in [0, 0.05) is 6.54 Å². The Morgan fingerprint density at radius 2 is 2.31 bits per heavy atom. The fourth-order valence-electron chi connectivity index (χ4n) is 1.22. The van der Waals surface area contributed by atoms with Crippen LogP contribution in [0, 0.1) is 5.41 Å². The number of nitrogens with zero attached hydrogens (tertiary/aromatic N) is 1. The molecule has 3 heteroatoms. The minimum atomic E-state index is 0.529. The molecule has 0 spiro atoms. The van der Waals surface area contributed by atoms with Crippen molar-refractivity contribution in [1.82, 2.24) is 4.98 Å². The summed E-state index contributed by atoms with van der Waals surface area (Å²) in [6, 6.07) is 3.78. The lowest BCUT2D eigenvalue weighted by Gasteiger charge is -2.10. The van der Waals surface area contributed by atoms with Crippen molar-refractivity contribution in [3.05, 3.63) is 18.3 Å². The molecule has 1 aliphatic rings. The van der Waals surface area contributed by atoms with Gasteiger partial charge in [0.05, 0.1) is 11.9 Å². The van der Waals surface area contributed by atoms with E-state index in [1.807, 2.05) is 12.1 Å². The molecule has 0 aliphatic heterocycles. The van der Waals surface area contributed by atoms with E-state index in [9.17, 15) is 0 Å². The number of anilines is 2. The van der Waals surface area contributed by atoms with E-state index in [2.05, 4.69) is 17.2 Å². The number of pyridine rings is 1. The highest BCUT2D eigenvalue weighted by Crippen LogP contribution is 2.44. The first-order valence-electron chi connectivity index (χ1n) is 4.63. The predicted molar refractivity (Wildman–Crippen MR) is 54.5 cm³/mol. The normalized spacial score (nSPS) is 18.2. The largest absolute Gasteiger partial charge is 0.384 e. The summed E-state index contributed by atoms with van der Waals surface area (Å²) in [5.41, 5.74) is 7.07. The highest BCUT2D eigenvalue weighted by atomic mass is 14.9. The minimum absolute atomic E-state index is 0.529. The van der Waals surface area contributed by atoms with Gasteiger partial charge in [-0.25, -0.2) is 4.98 Å². The Morgan fingerprint density at radius 3 is 2.85 bits per heavy atom. The van der Waals surface area contributed by atoms with E-state index < -0.39 is 0 Å². The number of nitrogen functional groups attached to an aromatic ring is 1. The van der Waals surface area contributed by atoms with E-state index in [-0.39, 0.29) is 0 Å². The minimum Gasteiger partial charge on any atom is -0.384 e. The zero-order valence-electron chi connectivity index (χ0n) is 7.88. The highest BCUT2D eigenvalue weighted by Gasteiger charge is 2.36. The van der Waals surface area contributed by atoms with Gasteiger partial charge in [-0.05, 0) is 30.4 Å². The quantitative estimate of drug-likeness (QED) is 0.741. The van der Waals surface area contributed by atoms with Crippen molar-refractivity contribution in [1.29, 1.82) is 0 Å². The van der Waals surface area contributed by atoms with Crippen molar-refractivity contribution in [3.63, 3.8) is 0 Å². The van der Waals surface area contributed by atoms with E-state index in [0.29, 0.717) is 11.2 Å². The molecule has 0 unspecified atom stereocenters. The summed E-state index contributed by atoms with van der Waals surface area (Å²) in [7, 11) is 0. The van der Waals surface area contributed by atoms with Crippen LogP contribution in [0.5, 0.6) is 0 Å². The summed E-state index contributed by atoms with van der Waals surface area (Å²) in [5.74, 6) is 0.572. The van der Waals surface area contributed by atoms with Crippen molar-refractivity contribution in [2.45, 2.75) is 19.8 Å². The Hall–Kier alpha value is -1.25. The van der Waals surface area contributed by atoms with Crippen molar-refractivity contribution in [2.75, 3.05) is 17.6 Å². The highest BCUT2D eigenvalue weighted by molar-refractivity contribution is 5.45. The molecule has 0 amide bonds. The molecule has 1 aliphatic carbocycles. The van der Waals surface area contributed by atoms with Crippen LogP contribution in [-0.4, -0.2) is 11.5 Å². The third-order valence-electron chi connectivity index (χ3n) is 2.61. The third-order valence-corrected chi connectivity index (χ3v) is 2.61. The summed E-state index contributed by atoms with van der Waals surface area (Å²) in [6.45, 7) is 3.34. The van der Waals surface area contributed by atoms with Crippen molar-refractivity contribution < 1.29 is 0 Å². The molecular formula is C10H15N3. The number of hydrogen-bond donors (Lipinski definition) is 2. The standard InChI is InChI=1S/C10H15N3/c1-10(4-5-10)7-13-8-2-3-9(11)12-6-8/h2-3,6,13H,4-5,7H2,1H3,(H2,11,12). The topological polar surface area (TPSA) is 50.9 Å². The molecule has 1 fully saturated rings. The van der Waals surface area contributed by atoms with Crippen LogP contribution in [0.25, 0.3) is 0 Å². The molecule has 2 rings (SSSR count). The monoisotopic (exact) mass is 177 g/mol. The van der Waals surface area contributed by atoms with Crippen LogP contribution in [0.2, 0.25) is 0 Å². The number of aromatic nitrogens is 1. The van der Waals surface area contributed by atoms with E-state index in [1.54, 1.807) is 6.20 Å². The molecule has 1 aromatic heterocycles. The first-order valence-corrected chi connectivity index (χ1v) is 4.63. The Balaban J connectivity index is 1.91. The summed E-state index contributed by atoms with van der Waals surface area (Å²) < 4.78 is 0. The molecule has 0 bridgehead atoms. The van der Waals surface area contributed by atoms with Gasteiger partial charge in [-0.1, -0.05) is 6.92 Å². The van der Waals surface area contributed by atoms with Crippen molar-refractivity contribution >= 4 is 11.5 Å². The smallest absolute Gasteiger partial charge is 0.123 e. The van der Waals surface area contributed by atoms with Gasteiger partial charge in [-0.3, -0.25) is 0 Å². The van der Waals surface area contributed by atoms with E-state index in [1.165, 1.54) is 12.8 Å². The molecule has 1 aromatic rings. The summed E-state index contributed by atoms with van der Waals surface area (Å²) in [4.78, 5) is 4.02. The summed E-state index contributed by atoms with van der Waals surface area (Å²) in [5, 5.41) is 3.36. The predicted octanol–water partition coefficient (Wildman–Crippen LogP) is 1.88. The van der Waals surface area contributed by atoms with Crippen molar-refractivity contribution in [2.24, 2.45) is 5.41 Å². The summed E-state index contributed by atoms with van der Waals surface area (Å²) in [6.07, 6.45) is 4.45. The second kappa shape index (κ2) is 2.91. The second-order valence-electron chi connectivity index (χ2n) is 4.14. The summed E-state index contributed by atoms with van der Waals surface area (Å²) >= 11 is 0. The van der Waals surface area contributed by atoms with Crippen LogP contribution in [0.1, 0.15) is 19.8 Å². The van der Waals surface area contributed by atoms with Crippen LogP contribution >= 0.6 is 0 Å². The van der Waals surface area contributed by atoms with Gasteiger partial charge in [0.25, 0.3) is 0 Å². The second-order valence-corrected chi connectivity index (χ2v) is 4.14. The van der Waals surface area contributed by atoms with E-state index in [0.717, 1.165) is 12.2 Å². The average Bonchev–Trinajstić information content (AvgIpc) is 2.84. The molecule has 1 heterocycles. The fraction of sp³-hybridized carbons (Fsp3) is 0.500. The molecule has 3 N–H and O–H groups in total.